The SMILES string of the molecule is COc1ccc2[nH]c(=O)c(CNC(=O)c3ccc(OC)c(OC)c3)cc2c1. The molecule has 2 N–H and O–H groups in total. The largest absolute Gasteiger partial charge is 0.497 e. The highest BCUT2D eigenvalue weighted by molar-refractivity contribution is 5.95. The van der Waals surface area contributed by atoms with Gasteiger partial charge in [0.2, 0.25) is 0 Å². The number of amides is 1. The molecule has 1 heterocycles. The Morgan fingerprint density at radius 1 is 0.963 bits per heavy atom. The van der Waals surface area contributed by atoms with Crippen molar-refractivity contribution in [1.29, 1.82) is 0 Å². The first-order chi connectivity index (χ1) is 13.0. The lowest BCUT2D eigenvalue weighted by molar-refractivity contribution is 0.0950. The molecule has 0 saturated carbocycles. The number of carbonyl (C=O) groups is 1. The van der Waals surface area contributed by atoms with Gasteiger partial charge in [-0.15, -0.1) is 0 Å². The Kier molecular flexibility index (Phi) is 5.30. The molecule has 7 nitrogen and oxygen atoms in total. The zero-order valence-corrected chi connectivity index (χ0v) is 15.3. The third-order valence-electron chi connectivity index (χ3n) is 4.21. The predicted octanol–water partition coefficient (Wildman–Crippen LogP) is 2.48. The quantitative estimate of drug-likeness (QED) is 0.698. The van der Waals surface area contributed by atoms with Crippen molar-refractivity contribution in [2.75, 3.05) is 21.3 Å². The summed E-state index contributed by atoms with van der Waals surface area (Å²) in [6.07, 6.45) is 0. The van der Waals surface area contributed by atoms with E-state index < -0.39 is 0 Å². The number of aromatic nitrogens is 1. The normalized spacial score (nSPS) is 10.5. The number of nitrogens with one attached hydrogen (secondary N) is 2. The van der Waals surface area contributed by atoms with Crippen LogP contribution in [0.3, 0.4) is 0 Å². The van der Waals surface area contributed by atoms with Gasteiger partial charge in [-0.1, -0.05) is 0 Å². The van der Waals surface area contributed by atoms with Crippen LogP contribution >= 0.6 is 0 Å². The van der Waals surface area contributed by atoms with Gasteiger partial charge in [0, 0.05) is 28.6 Å². The van der Waals surface area contributed by atoms with Crippen molar-refractivity contribution in [3.63, 3.8) is 0 Å². The van der Waals surface area contributed by atoms with E-state index in [0.717, 1.165) is 5.39 Å². The van der Waals surface area contributed by atoms with Crippen LogP contribution in [0.15, 0.2) is 47.3 Å². The zero-order chi connectivity index (χ0) is 19.4. The van der Waals surface area contributed by atoms with Gasteiger partial charge >= 0.3 is 0 Å². The molecule has 3 rings (SSSR count). The van der Waals surface area contributed by atoms with E-state index in [1.54, 1.807) is 43.5 Å². The van der Waals surface area contributed by atoms with Crippen LogP contribution in [-0.4, -0.2) is 32.2 Å². The van der Waals surface area contributed by atoms with Crippen LogP contribution in [-0.2, 0) is 6.54 Å². The smallest absolute Gasteiger partial charge is 0.253 e. The topological polar surface area (TPSA) is 89.7 Å². The van der Waals surface area contributed by atoms with E-state index in [0.29, 0.717) is 33.9 Å². The minimum absolute atomic E-state index is 0.0929. The first-order valence-corrected chi connectivity index (χ1v) is 8.26. The maximum Gasteiger partial charge on any atom is 0.253 e. The molecular formula is C20H20N2O5. The lowest BCUT2D eigenvalue weighted by Gasteiger charge is -2.10. The second kappa shape index (κ2) is 7.82. The highest BCUT2D eigenvalue weighted by Gasteiger charge is 2.12. The van der Waals surface area contributed by atoms with Crippen molar-refractivity contribution in [2.45, 2.75) is 6.54 Å². The Morgan fingerprint density at radius 2 is 1.74 bits per heavy atom. The highest BCUT2D eigenvalue weighted by Crippen LogP contribution is 2.27. The minimum atomic E-state index is -0.318. The molecule has 140 valence electrons. The number of benzene rings is 2. The third-order valence-corrected chi connectivity index (χ3v) is 4.21. The van der Waals surface area contributed by atoms with Gasteiger partial charge in [0.1, 0.15) is 5.75 Å². The molecule has 0 atom stereocenters. The molecule has 27 heavy (non-hydrogen) atoms. The van der Waals surface area contributed by atoms with E-state index in [2.05, 4.69) is 10.3 Å². The molecule has 0 aliphatic carbocycles. The Labute approximate surface area is 155 Å². The Balaban J connectivity index is 1.80. The molecule has 1 aromatic heterocycles. The molecule has 0 radical (unpaired) electrons. The highest BCUT2D eigenvalue weighted by atomic mass is 16.5. The van der Waals surface area contributed by atoms with E-state index >= 15 is 0 Å². The first kappa shape index (κ1) is 18.3. The third kappa shape index (κ3) is 3.87. The number of rotatable bonds is 6. The fourth-order valence-electron chi connectivity index (χ4n) is 2.74. The number of carbonyl (C=O) groups excluding carboxylic acids is 1. The summed E-state index contributed by atoms with van der Waals surface area (Å²) < 4.78 is 15.6. The van der Waals surface area contributed by atoms with E-state index in [-0.39, 0.29) is 18.0 Å². The van der Waals surface area contributed by atoms with Gasteiger partial charge in [-0.25, -0.2) is 0 Å². The lowest BCUT2D eigenvalue weighted by Crippen LogP contribution is -2.26. The molecule has 2 aromatic carbocycles. The van der Waals surface area contributed by atoms with Crippen LogP contribution < -0.4 is 25.1 Å². The van der Waals surface area contributed by atoms with Crippen LogP contribution in [0.2, 0.25) is 0 Å². The Bertz CT molecular complexity index is 1040. The fourth-order valence-corrected chi connectivity index (χ4v) is 2.74. The lowest BCUT2D eigenvalue weighted by atomic mass is 10.1. The number of hydrogen-bond donors (Lipinski definition) is 2. The molecule has 0 unspecified atom stereocenters. The summed E-state index contributed by atoms with van der Waals surface area (Å²) in [7, 11) is 4.61. The molecular weight excluding hydrogens is 348 g/mol. The number of H-pyrrole nitrogens is 1. The Hall–Kier alpha value is -3.48. The average molecular weight is 368 g/mol. The second-order valence-electron chi connectivity index (χ2n) is 5.83. The monoisotopic (exact) mass is 368 g/mol. The minimum Gasteiger partial charge on any atom is -0.497 e. The van der Waals surface area contributed by atoms with Crippen molar-refractivity contribution in [2.24, 2.45) is 0 Å². The van der Waals surface area contributed by atoms with E-state index in [4.69, 9.17) is 14.2 Å². The van der Waals surface area contributed by atoms with Crippen molar-refractivity contribution in [1.82, 2.24) is 10.3 Å². The summed E-state index contributed by atoms with van der Waals surface area (Å²) in [5.41, 5.74) is 1.31. The number of ether oxygens (including phenoxy) is 3. The molecule has 3 aromatic rings. The van der Waals surface area contributed by atoms with Gasteiger partial charge in [-0.3, -0.25) is 9.59 Å². The van der Waals surface area contributed by atoms with E-state index in [1.807, 2.05) is 6.07 Å². The van der Waals surface area contributed by atoms with Crippen molar-refractivity contribution in [3.05, 3.63) is 63.9 Å². The first-order valence-electron chi connectivity index (χ1n) is 8.26. The van der Waals surface area contributed by atoms with Gasteiger partial charge in [0.05, 0.1) is 21.3 Å². The van der Waals surface area contributed by atoms with Crippen LogP contribution in [0, 0.1) is 0 Å². The number of methoxy groups -OCH3 is 3. The molecule has 0 saturated heterocycles. The van der Waals surface area contributed by atoms with Crippen LogP contribution in [0.1, 0.15) is 15.9 Å². The molecule has 0 fully saturated rings. The van der Waals surface area contributed by atoms with Gasteiger partial charge in [-0.05, 0) is 42.5 Å². The number of fused-ring (bicyclic) bond motifs is 1. The number of pyridine rings is 1. The molecule has 0 spiro atoms. The Morgan fingerprint density at radius 3 is 2.44 bits per heavy atom. The second-order valence-corrected chi connectivity index (χ2v) is 5.83. The average Bonchev–Trinajstić information content (AvgIpc) is 2.71. The van der Waals surface area contributed by atoms with Crippen molar-refractivity contribution >= 4 is 16.8 Å². The van der Waals surface area contributed by atoms with Crippen LogP contribution in [0.5, 0.6) is 17.2 Å². The number of aromatic amines is 1. The summed E-state index contributed by atoms with van der Waals surface area (Å²) in [4.78, 5) is 27.5. The molecule has 1 amide bonds. The van der Waals surface area contributed by atoms with E-state index in [9.17, 15) is 9.59 Å². The van der Waals surface area contributed by atoms with Crippen molar-refractivity contribution < 1.29 is 19.0 Å². The summed E-state index contributed by atoms with van der Waals surface area (Å²) in [6, 6.07) is 12.0. The van der Waals surface area contributed by atoms with Gasteiger partial charge < -0.3 is 24.5 Å². The molecule has 0 aliphatic heterocycles. The predicted molar refractivity (Wildman–Crippen MR) is 102 cm³/mol. The van der Waals surface area contributed by atoms with Crippen LogP contribution in [0.25, 0.3) is 10.9 Å². The maximum absolute atomic E-state index is 12.4. The summed E-state index contributed by atoms with van der Waals surface area (Å²) >= 11 is 0. The zero-order valence-electron chi connectivity index (χ0n) is 15.3. The molecule has 0 aliphatic rings. The summed E-state index contributed by atoms with van der Waals surface area (Å²) in [5.74, 6) is 1.37. The number of hydrogen-bond acceptors (Lipinski definition) is 5. The summed E-state index contributed by atoms with van der Waals surface area (Å²) in [6.45, 7) is 0.0929. The standard InChI is InChI=1S/C20H20N2O5/c1-25-15-5-6-16-13(9-15)8-14(20(24)22-16)11-21-19(23)12-4-7-17(26-2)18(10-12)27-3/h4-10H,11H2,1-3H3,(H,21,23)(H,22,24). The van der Waals surface area contributed by atoms with Gasteiger partial charge in [0.25, 0.3) is 11.5 Å². The van der Waals surface area contributed by atoms with E-state index in [1.165, 1.54) is 14.2 Å². The summed E-state index contributed by atoms with van der Waals surface area (Å²) in [5, 5.41) is 3.58. The van der Waals surface area contributed by atoms with Gasteiger partial charge in [-0.2, -0.15) is 0 Å². The fraction of sp³-hybridized carbons (Fsp3) is 0.200. The van der Waals surface area contributed by atoms with Crippen LogP contribution in [0.4, 0.5) is 0 Å². The molecule has 7 heteroatoms. The molecule has 0 bridgehead atoms. The van der Waals surface area contributed by atoms with Gasteiger partial charge in [0.15, 0.2) is 11.5 Å². The van der Waals surface area contributed by atoms with Crippen molar-refractivity contribution in [3.8, 4) is 17.2 Å². The maximum atomic E-state index is 12.4.